The number of aryl methyl sites for hydroxylation is 1. The van der Waals surface area contributed by atoms with Crippen molar-refractivity contribution in [3.05, 3.63) is 82.0 Å². The number of hydrogen-bond acceptors (Lipinski definition) is 18. The van der Waals surface area contributed by atoms with Gasteiger partial charge in [0.05, 0.1) is 98.3 Å². The number of halogens is 3. The van der Waals surface area contributed by atoms with Crippen molar-refractivity contribution in [2.45, 2.75) is 78.6 Å². The zero-order valence-corrected chi connectivity index (χ0v) is 49.0. The van der Waals surface area contributed by atoms with Crippen LogP contribution in [-0.2, 0) is 43.0 Å². The summed E-state index contributed by atoms with van der Waals surface area (Å²) in [5.41, 5.74) is 6.09. The minimum absolute atomic E-state index is 0.0173. The lowest BCUT2D eigenvalue weighted by molar-refractivity contribution is -0.148. The van der Waals surface area contributed by atoms with Gasteiger partial charge < -0.3 is 59.4 Å². The summed E-state index contributed by atoms with van der Waals surface area (Å²) in [6, 6.07) is 11.0. The lowest BCUT2D eigenvalue weighted by atomic mass is 9.86. The molecule has 0 bridgehead atoms. The minimum atomic E-state index is -0.959. The Kier molecular flexibility index (Phi) is 23.1. The van der Waals surface area contributed by atoms with E-state index >= 15 is 4.39 Å². The van der Waals surface area contributed by atoms with Gasteiger partial charge in [-0.2, -0.15) is 10.5 Å². The number of benzene rings is 3. The summed E-state index contributed by atoms with van der Waals surface area (Å²) in [7, 11) is 1.65. The molecule has 0 aliphatic carbocycles. The summed E-state index contributed by atoms with van der Waals surface area (Å²) in [4.78, 5) is 79.4. The van der Waals surface area contributed by atoms with Crippen molar-refractivity contribution in [3.8, 4) is 27.3 Å². The third kappa shape index (κ3) is 16.7. The van der Waals surface area contributed by atoms with Crippen molar-refractivity contribution in [1.29, 1.82) is 0 Å². The number of phenolic OH excluding ortho intramolecular Hbond substituents is 1. The summed E-state index contributed by atoms with van der Waals surface area (Å²) >= 11 is 8.14. The Morgan fingerprint density at radius 2 is 1.55 bits per heavy atom. The largest absolute Gasteiger partial charge is 0.507 e. The Hall–Kier alpha value is -6.22. The van der Waals surface area contributed by atoms with Crippen molar-refractivity contribution in [2.75, 3.05) is 123 Å². The van der Waals surface area contributed by atoms with Gasteiger partial charge in [-0.1, -0.05) is 62.7 Å². The number of phenols is 1. The molecule has 2 aliphatic heterocycles. The normalized spacial score (nSPS) is 16.4. The highest BCUT2D eigenvalue weighted by molar-refractivity contribution is 7.13. The highest BCUT2D eigenvalue weighted by Gasteiger charge is 2.44. The maximum atomic E-state index is 16.5. The van der Waals surface area contributed by atoms with Gasteiger partial charge in [-0.3, -0.25) is 24.0 Å². The molecule has 0 radical (unpaired) electrons. The predicted molar refractivity (Wildman–Crippen MR) is 307 cm³/mol. The Balaban J connectivity index is 0.744. The molecule has 2 aromatic heterocycles. The molecule has 4 atom stereocenters. The van der Waals surface area contributed by atoms with Crippen molar-refractivity contribution in [1.82, 2.24) is 40.4 Å². The number of aliphatic hydroxyl groups is 1. The number of aliphatic hydroxyl groups excluding tert-OH is 1. The van der Waals surface area contributed by atoms with Crippen molar-refractivity contribution >= 4 is 69.2 Å². The smallest absolute Gasteiger partial charge is 0.243 e. The molecule has 82 heavy (non-hydrogen) atoms. The van der Waals surface area contributed by atoms with Crippen LogP contribution < -0.4 is 21.0 Å². The number of carbonyl (C=O) groups is 4. The molecule has 25 heteroatoms. The third-order valence-electron chi connectivity index (χ3n) is 14.1. The molecule has 2 saturated heterocycles. The van der Waals surface area contributed by atoms with E-state index in [9.17, 15) is 33.8 Å². The van der Waals surface area contributed by atoms with E-state index in [2.05, 4.69) is 31.1 Å². The van der Waals surface area contributed by atoms with Crippen LogP contribution in [0, 0.1) is 24.0 Å². The van der Waals surface area contributed by atoms with Gasteiger partial charge >= 0.3 is 0 Å². The van der Waals surface area contributed by atoms with Gasteiger partial charge in [0.25, 0.3) is 0 Å². The summed E-state index contributed by atoms with van der Waals surface area (Å²) in [6.07, 6.45) is -0.678. The van der Waals surface area contributed by atoms with Gasteiger partial charge in [-0.25, -0.2) is 18.7 Å². The summed E-state index contributed by atoms with van der Waals surface area (Å²) in [5.74, 6) is -2.93. The molecule has 3 aromatic carbocycles. The molecule has 4 heterocycles. The first-order valence-electron chi connectivity index (χ1n) is 27.4. The van der Waals surface area contributed by atoms with Crippen LogP contribution in [-0.4, -0.2) is 194 Å². The van der Waals surface area contributed by atoms with E-state index in [0.29, 0.717) is 78.2 Å². The van der Waals surface area contributed by atoms with E-state index in [-0.39, 0.29) is 103 Å². The fourth-order valence-corrected chi connectivity index (χ4v) is 10.6. The van der Waals surface area contributed by atoms with Crippen LogP contribution in [0.1, 0.15) is 64.8 Å². The Labute approximate surface area is 485 Å². The lowest BCUT2D eigenvalue weighted by Gasteiger charge is -2.35. The fraction of sp³-hybridized carbons (Fsp3) is 0.526. The number of thiazole rings is 1. The molecule has 2 aliphatic rings. The highest BCUT2D eigenvalue weighted by Crippen LogP contribution is 2.43. The molecule has 446 valence electrons. The van der Waals surface area contributed by atoms with Crippen LogP contribution in [0.3, 0.4) is 0 Å². The number of nitrogens with zero attached hydrogens (tertiary/aromatic N) is 7. The molecule has 5 aromatic rings. The SMILES string of the molecule is CC(=O)N1CCN(c2nc(NCCC(=O)N(C)CCOCCOCCOCCOCCON[C@H](C(=O)N3C[C@H](O)C[C@H]3C(=O)N[C@@H](C)c3ccc(-c4scnc4C)cc3)C(C)(C)C)nc3c(F)c(-c4c(O)cccc4F)c(Cl)cc23)CC1. The van der Waals surface area contributed by atoms with Crippen molar-refractivity contribution < 1.29 is 62.0 Å². The van der Waals surface area contributed by atoms with Crippen LogP contribution in [0.25, 0.3) is 32.5 Å². The zero-order chi connectivity index (χ0) is 59.1. The number of piperazine rings is 1. The molecule has 4 amide bonds. The number of likely N-dealkylation sites (tertiary alicyclic amines) is 1. The Morgan fingerprint density at radius 3 is 2.16 bits per heavy atom. The van der Waals surface area contributed by atoms with Crippen LogP contribution in [0.5, 0.6) is 5.75 Å². The fourth-order valence-electron chi connectivity index (χ4n) is 9.49. The quantitative estimate of drug-likeness (QED) is 0.0279. The van der Waals surface area contributed by atoms with Gasteiger partial charge in [0.2, 0.25) is 29.6 Å². The summed E-state index contributed by atoms with van der Waals surface area (Å²) in [5, 5.41) is 27.3. The van der Waals surface area contributed by atoms with Crippen molar-refractivity contribution in [2.24, 2.45) is 5.41 Å². The van der Waals surface area contributed by atoms with Crippen molar-refractivity contribution in [3.63, 3.8) is 0 Å². The van der Waals surface area contributed by atoms with Crippen LogP contribution in [0.2, 0.25) is 5.02 Å². The third-order valence-corrected chi connectivity index (χ3v) is 15.4. The van der Waals surface area contributed by atoms with Gasteiger partial charge in [-0.05, 0) is 48.6 Å². The minimum Gasteiger partial charge on any atom is -0.507 e. The van der Waals surface area contributed by atoms with Crippen LogP contribution in [0.4, 0.5) is 20.5 Å². The number of hydrogen-bond donors (Lipinski definition) is 5. The molecular weight excluding hydrogens is 1110 g/mol. The summed E-state index contributed by atoms with van der Waals surface area (Å²) in [6.45, 7) is 15.6. The number of carbonyl (C=O) groups excluding carboxylic acids is 4. The molecule has 0 unspecified atom stereocenters. The number of anilines is 2. The number of hydroxylamine groups is 1. The Morgan fingerprint density at radius 1 is 0.902 bits per heavy atom. The first-order valence-corrected chi connectivity index (χ1v) is 28.6. The predicted octanol–water partition coefficient (Wildman–Crippen LogP) is 6.14. The number of rotatable bonds is 28. The first kappa shape index (κ1) is 63.4. The van der Waals surface area contributed by atoms with E-state index in [1.165, 1.54) is 34.9 Å². The number of β-amino-alcohol motifs (C(OH)–C–C–N with tert-alkyl or cyclic N) is 1. The average Bonchev–Trinajstić information content (AvgIpc) is 2.33. The van der Waals surface area contributed by atoms with Gasteiger partial charge in [0.1, 0.15) is 35.0 Å². The second-order valence-corrected chi connectivity index (χ2v) is 22.4. The van der Waals surface area contributed by atoms with Gasteiger partial charge in [0, 0.05) is 83.6 Å². The Bertz CT molecular complexity index is 2950. The standard InChI is InChI=1S/C57H75ClF2N10O11S/c1-35(38-11-13-39(14-12-38)51-36(2)62-34-82-51)63-54(75)44-31-40(72)33-70(44)55(76)52(57(4,5)6)66-81-30-29-80-28-27-79-26-25-78-24-23-77-22-21-67(7)46(74)15-16-61-56-64-50-41(53(65-56)69-19-17-68(18-20-69)37(3)71)32-42(58)47(49(50)60)48-43(59)9-8-10-45(48)73/h8-14,32,34-35,40,44,52,66,72-73H,15-31,33H2,1-7H3,(H,63,75)(H,61,64,65)/t35-,40+,44-,52+/m0/s1. The van der Waals surface area contributed by atoms with E-state index in [1.807, 2.05) is 69.3 Å². The molecule has 0 saturated carbocycles. The van der Waals surface area contributed by atoms with E-state index in [4.69, 9.17) is 35.4 Å². The number of ether oxygens (including phenoxy) is 4. The number of aromatic nitrogens is 3. The lowest BCUT2D eigenvalue weighted by Crippen LogP contribution is -2.56. The van der Waals surface area contributed by atoms with E-state index in [1.54, 1.807) is 23.3 Å². The zero-order valence-electron chi connectivity index (χ0n) is 47.5. The average molecular weight is 1180 g/mol. The molecule has 21 nitrogen and oxygen atoms in total. The van der Waals surface area contributed by atoms with Crippen LogP contribution in [0.15, 0.2) is 54.0 Å². The molecular formula is C57H75ClF2N10O11S. The topological polar surface area (TPSA) is 243 Å². The number of aromatic hydroxyl groups is 1. The maximum Gasteiger partial charge on any atom is 0.243 e. The van der Waals surface area contributed by atoms with E-state index < -0.39 is 46.6 Å². The molecule has 5 N–H and O–H groups in total. The molecule has 7 rings (SSSR count). The number of likely N-dealkylation sites (N-methyl/N-ethyl adjacent to an activating group) is 1. The molecule has 2 fully saturated rings. The second-order valence-electron chi connectivity index (χ2n) is 21.2. The molecule has 0 spiro atoms. The monoisotopic (exact) mass is 1180 g/mol. The maximum absolute atomic E-state index is 16.5. The number of amides is 4. The van der Waals surface area contributed by atoms with Crippen LogP contribution >= 0.6 is 22.9 Å². The van der Waals surface area contributed by atoms with Gasteiger partial charge in [-0.15, -0.1) is 11.3 Å². The number of nitrogens with one attached hydrogen (secondary N) is 3. The van der Waals surface area contributed by atoms with E-state index in [0.717, 1.165) is 27.8 Å². The second kappa shape index (κ2) is 29.8. The number of fused-ring (bicyclic) bond motifs is 1. The first-order chi connectivity index (χ1) is 39.2. The highest BCUT2D eigenvalue weighted by atomic mass is 35.5. The van der Waals surface area contributed by atoms with Gasteiger partial charge in [0.15, 0.2) is 5.82 Å². The summed E-state index contributed by atoms with van der Waals surface area (Å²) < 4.78 is 54.0.